The number of methoxy groups -OCH3 is 1. The molecule has 0 radical (unpaired) electrons. The lowest BCUT2D eigenvalue weighted by molar-refractivity contribution is -0.142. The summed E-state index contributed by atoms with van der Waals surface area (Å²) in [6, 6.07) is 3.76. The zero-order chi connectivity index (χ0) is 21.6. The average Bonchev–Trinajstić information content (AvgIpc) is 2.93. The van der Waals surface area contributed by atoms with Crippen LogP contribution in [0.4, 0.5) is 0 Å². The van der Waals surface area contributed by atoms with Gasteiger partial charge in [0.25, 0.3) is 5.91 Å². The number of sulfonamides is 1. The number of ether oxygens (including phenoxy) is 1. The summed E-state index contributed by atoms with van der Waals surface area (Å²) in [5.41, 5.74) is 0.157. The minimum atomic E-state index is -3.83. The van der Waals surface area contributed by atoms with E-state index in [0.29, 0.717) is 25.9 Å². The maximum atomic E-state index is 13.0. The fraction of sp³-hybridized carbons (Fsp3) is 0.600. The number of carbonyl (C=O) groups excluding carboxylic acids is 1. The van der Waals surface area contributed by atoms with Gasteiger partial charge in [0.2, 0.25) is 10.0 Å². The zero-order valence-corrected chi connectivity index (χ0v) is 18.0. The van der Waals surface area contributed by atoms with E-state index in [1.165, 1.54) is 29.6 Å². The smallest absolute Gasteiger partial charge is 0.308 e. The average molecular weight is 427 g/mol. The summed E-state index contributed by atoms with van der Waals surface area (Å²) < 4.78 is 32.4. The number of hydrogen-bond donors (Lipinski definition) is 2. The van der Waals surface area contributed by atoms with E-state index in [1.54, 1.807) is 13.8 Å². The molecule has 9 heteroatoms. The van der Waals surface area contributed by atoms with Gasteiger partial charge < -0.3 is 15.2 Å². The second-order valence-electron chi connectivity index (χ2n) is 7.12. The molecule has 1 aromatic rings. The highest BCUT2D eigenvalue weighted by Gasteiger charge is 2.32. The maximum absolute atomic E-state index is 13.0. The SMILES string of the molecule is CCN(CC)S(=O)(=O)c1cc(C(=O)N[C@@H]2CCCCC[C@H]2C(=O)O)ccc1OC. The molecule has 1 amide bonds. The van der Waals surface area contributed by atoms with Gasteiger partial charge in [-0.05, 0) is 31.0 Å². The molecule has 29 heavy (non-hydrogen) atoms. The summed E-state index contributed by atoms with van der Waals surface area (Å²) in [7, 11) is -2.45. The van der Waals surface area contributed by atoms with Crippen LogP contribution in [0.25, 0.3) is 0 Å². The predicted octanol–water partition coefficient (Wildman–Crippen LogP) is 2.49. The molecule has 0 heterocycles. The molecule has 162 valence electrons. The van der Waals surface area contributed by atoms with Crippen LogP contribution >= 0.6 is 0 Å². The topological polar surface area (TPSA) is 113 Å². The monoisotopic (exact) mass is 426 g/mol. The molecule has 8 nitrogen and oxygen atoms in total. The Labute approximate surface area is 172 Å². The summed E-state index contributed by atoms with van der Waals surface area (Å²) in [5, 5.41) is 12.3. The number of nitrogens with one attached hydrogen (secondary N) is 1. The van der Waals surface area contributed by atoms with E-state index >= 15 is 0 Å². The second kappa shape index (κ2) is 10.1. The minimum absolute atomic E-state index is 0.0769. The van der Waals surface area contributed by atoms with Gasteiger partial charge in [-0.2, -0.15) is 4.31 Å². The third kappa shape index (κ3) is 5.27. The molecule has 2 N–H and O–H groups in total. The molecule has 1 saturated carbocycles. The fourth-order valence-electron chi connectivity index (χ4n) is 3.75. The zero-order valence-electron chi connectivity index (χ0n) is 17.2. The van der Waals surface area contributed by atoms with Gasteiger partial charge in [0, 0.05) is 24.7 Å². The summed E-state index contributed by atoms with van der Waals surface area (Å²) in [5.74, 6) is -1.89. The Hall–Kier alpha value is -2.13. The summed E-state index contributed by atoms with van der Waals surface area (Å²) in [6.07, 6.45) is 3.70. The van der Waals surface area contributed by atoms with Gasteiger partial charge in [0.05, 0.1) is 13.0 Å². The Morgan fingerprint density at radius 2 is 1.83 bits per heavy atom. The van der Waals surface area contributed by atoms with Gasteiger partial charge in [0.15, 0.2) is 0 Å². The number of nitrogens with zero attached hydrogens (tertiary/aromatic N) is 1. The van der Waals surface area contributed by atoms with Crippen LogP contribution in [-0.4, -0.2) is 55.9 Å². The molecule has 0 aliphatic heterocycles. The van der Waals surface area contributed by atoms with Crippen LogP contribution in [0.1, 0.15) is 56.3 Å². The van der Waals surface area contributed by atoms with Crippen LogP contribution < -0.4 is 10.1 Å². The normalized spacial score (nSPS) is 20.1. The van der Waals surface area contributed by atoms with Crippen molar-refractivity contribution in [1.29, 1.82) is 0 Å². The first-order valence-corrected chi connectivity index (χ1v) is 11.4. The number of aliphatic carboxylic acids is 1. The van der Waals surface area contributed by atoms with Crippen LogP contribution in [0.15, 0.2) is 23.1 Å². The van der Waals surface area contributed by atoms with Crippen molar-refractivity contribution in [3.63, 3.8) is 0 Å². The van der Waals surface area contributed by atoms with E-state index in [2.05, 4.69) is 5.32 Å². The lowest BCUT2D eigenvalue weighted by Gasteiger charge is -2.23. The largest absolute Gasteiger partial charge is 0.495 e. The van der Waals surface area contributed by atoms with Gasteiger partial charge in [0.1, 0.15) is 10.6 Å². The van der Waals surface area contributed by atoms with Crippen molar-refractivity contribution in [3.05, 3.63) is 23.8 Å². The molecule has 0 bridgehead atoms. The van der Waals surface area contributed by atoms with Crippen molar-refractivity contribution in [3.8, 4) is 5.75 Å². The molecule has 0 saturated heterocycles. The molecule has 0 aromatic heterocycles. The van der Waals surface area contributed by atoms with Gasteiger partial charge >= 0.3 is 5.97 Å². The highest BCUT2D eigenvalue weighted by atomic mass is 32.2. The van der Waals surface area contributed by atoms with Crippen molar-refractivity contribution in [1.82, 2.24) is 9.62 Å². The van der Waals surface area contributed by atoms with Crippen LogP contribution in [0.2, 0.25) is 0 Å². The Morgan fingerprint density at radius 1 is 1.17 bits per heavy atom. The van der Waals surface area contributed by atoms with E-state index in [-0.39, 0.29) is 16.2 Å². The molecular formula is C20H30N2O6S. The van der Waals surface area contributed by atoms with E-state index in [1.807, 2.05) is 0 Å². The van der Waals surface area contributed by atoms with Crippen molar-refractivity contribution in [2.45, 2.75) is 56.9 Å². The van der Waals surface area contributed by atoms with Gasteiger partial charge in [-0.3, -0.25) is 9.59 Å². The van der Waals surface area contributed by atoms with Crippen LogP contribution in [0.5, 0.6) is 5.75 Å². The van der Waals surface area contributed by atoms with Crippen LogP contribution in [-0.2, 0) is 14.8 Å². The fourth-order valence-corrected chi connectivity index (χ4v) is 5.39. The first-order chi connectivity index (χ1) is 13.8. The van der Waals surface area contributed by atoms with Crippen LogP contribution in [0, 0.1) is 5.92 Å². The number of carboxylic acids is 1. The third-order valence-corrected chi connectivity index (χ3v) is 7.47. The molecule has 1 aliphatic carbocycles. The van der Waals surface area contributed by atoms with Gasteiger partial charge in [-0.1, -0.05) is 33.1 Å². The Balaban J connectivity index is 2.35. The number of benzene rings is 1. The molecule has 0 unspecified atom stereocenters. The number of carbonyl (C=O) groups is 2. The van der Waals surface area contributed by atoms with E-state index in [9.17, 15) is 23.1 Å². The molecule has 2 atom stereocenters. The van der Waals surface area contributed by atoms with E-state index in [0.717, 1.165) is 19.3 Å². The highest BCUT2D eigenvalue weighted by Crippen LogP contribution is 2.29. The number of amides is 1. The van der Waals surface area contributed by atoms with Gasteiger partial charge in [-0.15, -0.1) is 0 Å². The van der Waals surface area contributed by atoms with Crippen molar-refractivity contribution < 1.29 is 27.9 Å². The first kappa shape index (κ1) is 23.2. The molecule has 2 rings (SSSR count). The first-order valence-electron chi connectivity index (χ1n) is 9.98. The Kier molecular flexibility index (Phi) is 8.04. The minimum Gasteiger partial charge on any atom is -0.495 e. The molecule has 1 aromatic carbocycles. The van der Waals surface area contributed by atoms with E-state index < -0.39 is 33.9 Å². The molecule has 1 fully saturated rings. The maximum Gasteiger partial charge on any atom is 0.308 e. The third-order valence-electron chi connectivity index (χ3n) is 5.40. The predicted molar refractivity (Wildman–Crippen MR) is 109 cm³/mol. The lowest BCUT2D eigenvalue weighted by Crippen LogP contribution is -2.42. The van der Waals surface area contributed by atoms with Crippen molar-refractivity contribution in [2.75, 3.05) is 20.2 Å². The van der Waals surface area contributed by atoms with Crippen LogP contribution in [0.3, 0.4) is 0 Å². The summed E-state index contributed by atoms with van der Waals surface area (Å²) in [6.45, 7) is 4.06. The van der Waals surface area contributed by atoms with Crippen molar-refractivity contribution >= 4 is 21.9 Å². The molecule has 0 spiro atoms. The standard InChI is InChI=1S/C20H30N2O6S/c1-4-22(5-2)29(26,27)18-13-14(11-12-17(18)28-3)19(23)21-16-10-8-6-7-9-15(16)20(24)25/h11-13,15-16H,4-10H2,1-3H3,(H,21,23)(H,24,25)/t15-,16-/m1/s1. The quantitative estimate of drug-likeness (QED) is 0.618. The molecule has 1 aliphatic rings. The van der Waals surface area contributed by atoms with E-state index in [4.69, 9.17) is 4.74 Å². The number of carboxylic acid groups (broad SMARTS) is 1. The lowest BCUT2D eigenvalue weighted by atomic mass is 9.94. The number of hydrogen-bond acceptors (Lipinski definition) is 5. The number of rotatable bonds is 8. The molecular weight excluding hydrogens is 396 g/mol. The highest BCUT2D eigenvalue weighted by molar-refractivity contribution is 7.89. The summed E-state index contributed by atoms with van der Waals surface area (Å²) in [4.78, 5) is 24.3. The Morgan fingerprint density at radius 3 is 2.41 bits per heavy atom. The van der Waals surface area contributed by atoms with Gasteiger partial charge in [-0.25, -0.2) is 8.42 Å². The Bertz CT molecular complexity index is 835. The summed E-state index contributed by atoms with van der Waals surface area (Å²) >= 11 is 0. The van der Waals surface area contributed by atoms with Crippen molar-refractivity contribution in [2.24, 2.45) is 5.92 Å². The second-order valence-corrected chi connectivity index (χ2v) is 9.02.